The van der Waals surface area contributed by atoms with Crippen molar-refractivity contribution in [3.8, 4) is 0 Å². The molecule has 1 fully saturated rings. The Morgan fingerprint density at radius 2 is 1.72 bits per heavy atom. The van der Waals surface area contributed by atoms with Gasteiger partial charge < -0.3 is 5.32 Å². The largest absolute Gasteiger partial charge is 0.300 e. The molecule has 3 rings (SSSR count). The number of nitrogens with zero attached hydrogens (tertiary/aromatic N) is 1. The van der Waals surface area contributed by atoms with Gasteiger partial charge in [0.15, 0.2) is 5.17 Å². The van der Waals surface area contributed by atoms with Crippen LogP contribution in [0.15, 0.2) is 70.1 Å². The number of carbonyl (C=O) groups is 1. The minimum absolute atomic E-state index is 0.101. The summed E-state index contributed by atoms with van der Waals surface area (Å²) < 4.78 is 0. The molecule has 0 aromatic heterocycles. The highest BCUT2D eigenvalue weighted by Crippen LogP contribution is 2.30. The maximum absolute atomic E-state index is 12.2. The molecule has 0 unspecified atom stereocenters. The highest BCUT2D eigenvalue weighted by Gasteiger charge is 2.24. The first-order chi connectivity index (χ1) is 12.0. The van der Waals surface area contributed by atoms with E-state index in [0.717, 1.165) is 28.0 Å². The fraction of sp³-hybridized carbons (Fsp3) is 0.143. The molecule has 1 saturated heterocycles. The Labute approximate surface area is 152 Å². The molecule has 1 amide bonds. The Morgan fingerprint density at radius 3 is 2.40 bits per heavy atom. The first kappa shape index (κ1) is 17.2. The molecule has 0 atom stereocenters. The van der Waals surface area contributed by atoms with Gasteiger partial charge in [0.25, 0.3) is 5.91 Å². The third-order valence-corrected chi connectivity index (χ3v) is 4.77. The molecule has 1 heterocycles. The molecule has 2 aromatic rings. The van der Waals surface area contributed by atoms with Gasteiger partial charge in [0.1, 0.15) is 0 Å². The summed E-state index contributed by atoms with van der Waals surface area (Å²) in [5.41, 5.74) is 5.25. The van der Waals surface area contributed by atoms with Gasteiger partial charge in [0.05, 0.1) is 10.6 Å². The van der Waals surface area contributed by atoms with Crippen molar-refractivity contribution in [3.05, 3.63) is 81.8 Å². The average molecular weight is 348 g/mol. The number of allylic oxidation sites excluding steroid dienone is 2. The van der Waals surface area contributed by atoms with Crippen LogP contribution in [0.1, 0.15) is 23.6 Å². The van der Waals surface area contributed by atoms with E-state index in [1.54, 1.807) is 0 Å². The van der Waals surface area contributed by atoms with E-state index in [1.165, 1.54) is 11.8 Å². The van der Waals surface area contributed by atoms with E-state index >= 15 is 0 Å². The number of hydrogen-bond donors (Lipinski definition) is 1. The van der Waals surface area contributed by atoms with Crippen molar-refractivity contribution >= 4 is 34.6 Å². The van der Waals surface area contributed by atoms with Gasteiger partial charge >= 0.3 is 0 Å². The van der Waals surface area contributed by atoms with Crippen LogP contribution in [0.5, 0.6) is 0 Å². The standard InChI is InChI=1S/C21H20N2OS/c1-14(12-17-10-5-4-6-11-17)13-18-20(24)23-21(25-18)22-19-15(2)8-7-9-16(19)3/h4-13H,1-3H3,(H,22,23,24). The summed E-state index contributed by atoms with van der Waals surface area (Å²) in [7, 11) is 0. The van der Waals surface area contributed by atoms with Crippen molar-refractivity contribution in [1.82, 2.24) is 5.32 Å². The summed E-state index contributed by atoms with van der Waals surface area (Å²) in [5, 5.41) is 3.48. The molecule has 25 heavy (non-hydrogen) atoms. The van der Waals surface area contributed by atoms with Crippen molar-refractivity contribution < 1.29 is 4.79 Å². The second-order valence-electron chi connectivity index (χ2n) is 6.02. The number of para-hydroxylation sites is 1. The molecule has 2 aromatic carbocycles. The SMILES string of the molecule is CC(=Cc1ccccc1)C=C1SC(=Nc2c(C)cccc2C)NC1=O. The summed E-state index contributed by atoms with van der Waals surface area (Å²) in [6.45, 7) is 6.04. The van der Waals surface area contributed by atoms with Crippen LogP contribution >= 0.6 is 11.8 Å². The normalized spacial score (nSPS) is 18.0. The predicted molar refractivity (Wildman–Crippen MR) is 107 cm³/mol. The van der Waals surface area contributed by atoms with Gasteiger partial charge in [-0.05, 0) is 60.9 Å². The van der Waals surface area contributed by atoms with Crippen LogP contribution in [-0.4, -0.2) is 11.1 Å². The Hall–Kier alpha value is -2.59. The molecule has 0 aliphatic carbocycles. The molecule has 3 nitrogen and oxygen atoms in total. The molecule has 0 bridgehead atoms. The van der Waals surface area contributed by atoms with E-state index in [-0.39, 0.29) is 5.91 Å². The number of benzene rings is 2. The number of hydrogen-bond acceptors (Lipinski definition) is 3. The Bertz CT molecular complexity index is 875. The number of amidine groups is 1. The zero-order valence-electron chi connectivity index (χ0n) is 14.5. The number of carbonyl (C=O) groups excluding carboxylic acids is 1. The molecule has 0 radical (unpaired) electrons. The minimum atomic E-state index is -0.101. The van der Waals surface area contributed by atoms with Gasteiger partial charge in [-0.3, -0.25) is 4.79 Å². The molecule has 1 N–H and O–H groups in total. The highest BCUT2D eigenvalue weighted by molar-refractivity contribution is 8.18. The number of nitrogens with one attached hydrogen (secondary N) is 1. The smallest absolute Gasteiger partial charge is 0.264 e. The fourth-order valence-electron chi connectivity index (χ4n) is 2.62. The van der Waals surface area contributed by atoms with E-state index in [1.807, 2.05) is 75.4 Å². The van der Waals surface area contributed by atoms with Crippen LogP contribution in [0.25, 0.3) is 6.08 Å². The second kappa shape index (κ2) is 7.53. The van der Waals surface area contributed by atoms with Gasteiger partial charge in [-0.1, -0.05) is 54.6 Å². The highest BCUT2D eigenvalue weighted by atomic mass is 32.2. The first-order valence-corrected chi connectivity index (χ1v) is 8.94. The minimum Gasteiger partial charge on any atom is -0.300 e. The monoisotopic (exact) mass is 348 g/mol. The van der Waals surface area contributed by atoms with Gasteiger partial charge in [-0.2, -0.15) is 0 Å². The summed E-state index contributed by atoms with van der Waals surface area (Å²) in [5.74, 6) is -0.101. The average Bonchev–Trinajstić information content (AvgIpc) is 2.91. The van der Waals surface area contributed by atoms with Crippen LogP contribution in [0.3, 0.4) is 0 Å². The Morgan fingerprint density at radius 1 is 1.04 bits per heavy atom. The molecular weight excluding hydrogens is 328 g/mol. The third kappa shape index (κ3) is 4.28. The maximum atomic E-state index is 12.2. The van der Waals surface area contributed by atoms with E-state index in [2.05, 4.69) is 16.4 Å². The number of aryl methyl sites for hydroxylation is 2. The molecule has 126 valence electrons. The lowest BCUT2D eigenvalue weighted by atomic mass is 10.1. The predicted octanol–water partition coefficient (Wildman–Crippen LogP) is 5.14. The van der Waals surface area contributed by atoms with Crippen LogP contribution < -0.4 is 5.32 Å². The summed E-state index contributed by atoms with van der Waals surface area (Å²) in [4.78, 5) is 17.5. The van der Waals surface area contributed by atoms with Crippen molar-refractivity contribution in [3.63, 3.8) is 0 Å². The van der Waals surface area contributed by atoms with Crippen molar-refractivity contribution in [2.75, 3.05) is 0 Å². The summed E-state index contributed by atoms with van der Waals surface area (Å²) >= 11 is 1.38. The topological polar surface area (TPSA) is 41.5 Å². The molecular formula is C21H20N2OS. The number of rotatable bonds is 3. The van der Waals surface area contributed by atoms with E-state index < -0.39 is 0 Å². The van der Waals surface area contributed by atoms with Crippen molar-refractivity contribution in [1.29, 1.82) is 0 Å². The lowest BCUT2D eigenvalue weighted by Crippen LogP contribution is -2.19. The van der Waals surface area contributed by atoms with Crippen molar-refractivity contribution in [2.45, 2.75) is 20.8 Å². The second-order valence-corrected chi connectivity index (χ2v) is 7.05. The first-order valence-electron chi connectivity index (χ1n) is 8.12. The fourth-order valence-corrected chi connectivity index (χ4v) is 3.50. The molecule has 1 aliphatic rings. The molecule has 0 spiro atoms. The van der Waals surface area contributed by atoms with E-state index in [9.17, 15) is 4.79 Å². The third-order valence-electron chi connectivity index (χ3n) is 3.86. The molecule has 0 saturated carbocycles. The molecule has 4 heteroatoms. The lowest BCUT2D eigenvalue weighted by Gasteiger charge is -2.04. The van der Waals surface area contributed by atoms with Gasteiger partial charge in [0, 0.05) is 0 Å². The van der Waals surface area contributed by atoms with Crippen LogP contribution in [0.4, 0.5) is 5.69 Å². The van der Waals surface area contributed by atoms with Crippen LogP contribution in [-0.2, 0) is 4.79 Å². The lowest BCUT2D eigenvalue weighted by molar-refractivity contribution is -0.115. The summed E-state index contributed by atoms with van der Waals surface area (Å²) in [6, 6.07) is 16.1. The Balaban J connectivity index is 1.83. The maximum Gasteiger partial charge on any atom is 0.264 e. The van der Waals surface area contributed by atoms with Crippen LogP contribution in [0.2, 0.25) is 0 Å². The van der Waals surface area contributed by atoms with Gasteiger partial charge in [-0.25, -0.2) is 4.99 Å². The van der Waals surface area contributed by atoms with Gasteiger partial charge in [-0.15, -0.1) is 0 Å². The number of aliphatic imine (C=N–C) groups is 1. The Kier molecular flexibility index (Phi) is 5.19. The van der Waals surface area contributed by atoms with Crippen molar-refractivity contribution in [2.24, 2.45) is 4.99 Å². The van der Waals surface area contributed by atoms with E-state index in [0.29, 0.717) is 10.1 Å². The zero-order valence-corrected chi connectivity index (χ0v) is 15.4. The van der Waals surface area contributed by atoms with E-state index in [4.69, 9.17) is 0 Å². The zero-order chi connectivity index (χ0) is 17.8. The van der Waals surface area contributed by atoms with Gasteiger partial charge in [0.2, 0.25) is 0 Å². The summed E-state index contributed by atoms with van der Waals surface area (Å²) in [6.07, 6.45) is 3.96. The number of thioether (sulfide) groups is 1. The van der Waals surface area contributed by atoms with Crippen LogP contribution in [0, 0.1) is 13.8 Å². The molecule has 1 aliphatic heterocycles. The number of amides is 1. The quantitative estimate of drug-likeness (QED) is 0.780.